The number of carbonyl (C=O) groups is 1. The van der Waals surface area contributed by atoms with Gasteiger partial charge in [-0.05, 0) is 29.8 Å². The lowest BCUT2D eigenvalue weighted by molar-refractivity contribution is -0.140. The second-order valence-electron chi connectivity index (χ2n) is 9.91. The molecule has 10 nitrogen and oxygen atoms in total. The Bertz CT molecular complexity index is 1820. The molecule has 242 valence electrons. The van der Waals surface area contributed by atoms with Crippen LogP contribution in [0.1, 0.15) is 0 Å². The van der Waals surface area contributed by atoms with Gasteiger partial charge in [0, 0.05) is 23.1 Å². The van der Waals surface area contributed by atoms with E-state index in [0.29, 0.717) is 25.0 Å². The van der Waals surface area contributed by atoms with Gasteiger partial charge in [-0.1, -0.05) is 12.0 Å². The molecule has 0 atom stereocenters. The van der Waals surface area contributed by atoms with Gasteiger partial charge in [0.2, 0.25) is 11.6 Å². The molecule has 0 saturated carbocycles. The Morgan fingerprint density at radius 1 is 0.935 bits per heavy atom. The average Bonchev–Trinajstić information content (AvgIpc) is 3.05. The van der Waals surface area contributed by atoms with Gasteiger partial charge in [-0.25, -0.2) is 8.78 Å². The summed E-state index contributed by atoms with van der Waals surface area (Å²) in [6, 6.07) is 5.83. The lowest BCUT2D eigenvalue weighted by Gasteiger charge is -2.27. The molecule has 0 unspecified atom stereocenters. The fourth-order valence-electron chi connectivity index (χ4n) is 4.89. The van der Waals surface area contributed by atoms with Crippen LogP contribution in [0.5, 0.6) is 11.5 Å². The molecule has 1 aliphatic carbocycles. The van der Waals surface area contributed by atoms with Crippen molar-refractivity contribution in [3.8, 4) is 46.3 Å². The van der Waals surface area contributed by atoms with Crippen molar-refractivity contribution in [1.29, 1.82) is 0 Å². The molecule has 2 aromatic rings. The van der Waals surface area contributed by atoms with E-state index in [1.165, 1.54) is 18.2 Å². The van der Waals surface area contributed by atoms with Crippen LogP contribution >= 0.6 is 0 Å². The van der Waals surface area contributed by atoms with E-state index >= 15 is 8.78 Å². The van der Waals surface area contributed by atoms with Gasteiger partial charge in [0.15, 0.2) is 35.3 Å². The molecular weight excluding hydrogens is 618 g/mol. The minimum absolute atomic E-state index is 0.00782. The number of hydrogen-bond acceptors (Lipinski definition) is 10. The maximum absolute atomic E-state index is 15.1. The average molecular weight is 646 g/mol. The summed E-state index contributed by atoms with van der Waals surface area (Å²) in [6.45, 7) is 1.14. The van der Waals surface area contributed by atoms with E-state index in [9.17, 15) is 23.5 Å². The highest BCUT2D eigenvalue weighted by atomic mass is 19.1. The lowest BCUT2D eigenvalue weighted by atomic mass is 9.92. The van der Waals surface area contributed by atoms with Crippen LogP contribution in [0.25, 0.3) is 33.4 Å². The number of anilines is 1. The summed E-state index contributed by atoms with van der Waals surface area (Å²) in [5, 5.41) is 9.59. The van der Waals surface area contributed by atoms with Crippen molar-refractivity contribution in [1.82, 2.24) is 0 Å². The molecule has 0 saturated heterocycles. The summed E-state index contributed by atoms with van der Waals surface area (Å²) in [7, 11) is 0. The van der Waals surface area contributed by atoms with Crippen molar-refractivity contribution in [2.75, 3.05) is 70.8 Å². The van der Waals surface area contributed by atoms with Crippen LogP contribution in [0.4, 0.5) is 23.2 Å². The number of terminal acetylenes is 1. The lowest BCUT2D eigenvalue weighted by Crippen LogP contribution is -2.34. The highest BCUT2D eigenvalue weighted by molar-refractivity contribution is 6.03. The third kappa shape index (κ3) is 6.86. The Kier molecular flexibility index (Phi) is 10.3. The number of ether oxygens (including phenoxy) is 5. The summed E-state index contributed by atoms with van der Waals surface area (Å²) >= 11 is 0. The third-order valence-corrected chi connectivity index (χ3v) is 6.98. The van der Waals surface area contributed by atoms with Gasteiger partial charge < -0.3 is 38.1 Å². The number of hydrogen-bond donors (Lipinski definition) is 1. The van der Waals surface area contributed by atoms with Crippen molar-refractivity contribution in [3.63, 3.8) is 0 Å². The van der Waals surface area contributed by atoms with E-state index in [4.69, 9.17) is 34.5 Å². The quantitative estimate of drug-likeness (QED) is 0.150. The number of esters is 1. The van der Waals surface area contributed by atoms with Gasteiger partial charge in [0.1, 0.15) is 18.9 Å². The number of benzene rings is 3. The van der Waals surface area contributed by atoms with E-state index in [2.05, 4.69) is 5.92 Å². The van der Waals surface area contributed by atoms with Gasteiger partial charge in [0.05, 0.1) is 45.3 Å². The molecule has 0 bridgehead atoms. The normalized spacial score (nSPS) is 15.0. The molecule has 2 aliphatic heterocycles. The first-order valence-electron chi connectivity index (χ1n) is 14.0. The minimum Gasteiger partial charge on any atom is -0.503 e. The molecular formula is C32H27F4NO9. The Labute approximate surface area is 259 Å². The SMILES string of the molecule is C#CCOC(=O)CN1CCOCCOCCOCCOc2cc(-c3c4cc(F)c(=O)c(F)c-4oc4c(F)c(O)c(F)cc34)ccc21. The maximum Gasteiger partial charge on any atom is 0.326 e. The standard InChI is InChI=1S/C32H27F4NO9/c1-2-6-45-25(38)17-37-5-7-41-8-9-42-10-11-43-12-13-44-24-14-18(3-4-23(24)37)26-19-15-21(33)29(39)27(35)31(19)46-32-20(26)16-22(34)30(40)28(32)36/h1,3-4,14-16,39H,5-13,17H2. The fraction of sp³-hybridized carbons (Fsp3) is 0.312. The van der Waals surface area contributed by atoms with Crippen LogP contribution in [0.15, 0.2) is 39.5 Å². The first-order chi connectivity index (χ1) is 22.2. The predicted octanol–water partition coefficient (Wildman–Crippen LogP) is 4.25. The van der Waals surface area contributed by atoms with Gasteiger partial charge in [-0.3, -0.25) is 9.59 Å². The monoisotopic (exact) mass is 645 g/mol. The van der Waals surface area contributed by atoms with Crippen molar-refractivity contribution in [2.45, 2.75) is 0 Å². The van der Waals surface area contributed by atoms with E-state index in [-0.39, 0.29) is 80.6 Å². The van der Waals surface area contributed by atoms with Gasteiger partial charge >= 0.3 is 5.97 Å². The Balaban J connectivity index is 1.70. The number of halogens is 4. The smallest absolute Gasteiger partial charge is 0.326 e. The first-order valence-corrected chi connectivity index (χ1v) is 14.0. The zero-order valence-electron chi connectivity index (χ0n) is 24.2. The van der Waals surface area contributed by atoms with E-state index in [0.717, 1.165) is 6.07 Å². The Morgan fingerprint density at radius 3 is 2.35 bits per heavy atom. The molecule has 0 spiro atoms. The predicted molar refractivity (Wildman–Crippen MR) is 156 cm³/mol. The summed E-state index contributed by atoms with van der Waals surface area (Å²) < 4.78 is 92.4. The molecule has 1 N–H and O–H groups in total. The van der Waals surface area contributed by atoms with Crippen LogP contribution in [0, 0.1) is 35.6 Å². The summed E-state index contributed by atoms with van der Waals surface area (Å²) in [4.78, 5) is 26.3. The van der Waals surface area contributed by atoms with Crippen LogP contribution in [-0.2, 0) is 23.7 Å². The summed E-state index contributed by atoms with van der Waals surface area (Å²) in [5.41, 5.74) is -2.38. The number of rotatable bonds is 4. The third-order valence-electron chi connectivity index (χ3n) is 6.98. The van der Waals surface area contributed by atoms with Crippen molar-refractivity contribution in [3.05, 3.63) is 63.8 Å². The second kappa shape index (κ2) is 14.5. The highest BCUT2D eigenvalue weighted by Crippen LogP contribution is 2.45. The zero-order valence-corrected chi connectivity index (χ0v) is 24.2. The molecule has 2 heterocycles. The molecule has 0 aromatic heterocycles. The van der Waals surface area contributed by atoms with Crippen LogP contribution in [-0.4, -0.2) is 77.0 Å². The van der Waals surface area contributed by atoms with E-state index < -0.39 is 51.8 Å². The molecule has 46 heavy (non-hydrogen) atoms. The number of phenolic OH excluding ortho intramolecular Hbond substituents is 1. The number of nitrogens with zero attached hydrogens (tertiary/aromatic N) is 1. The topological polar surface area (TPSA) is 117 Å². The Hall–Kier alpha value is -4.84. The molecule has 0 amide bonds. The number of aromatic hydroxyl groups is 1. The zero-order chi connectivity index (χ0) is 32.8. The second-order valence-corrected chi connectivity index (χ2v) is 9.91. The van der Waals surface area contributed by atoms with Crippen molar-refractivity contribution in [2.24, 2.45) is 0 Å². The van der Waals surface area contributed by atoms with E-state index in [1.54, 1.807) is 4.90 Å². The number of carbonyl (C=O) groups excluding carboxylic acids is 1. The number of phenols is 1. The highest BCUT2D eigenvalue weighted by Gasteiger charge is 2.29. The van der Waals surface area contributed by atoms with E-state index in [1.807, 2.05) is 0 Å². The van der Waals surface area contributed by atoms with Crippen LogP contribution < -0.4 is 15.1 Å². The minimum atomic E-state index is -1.65. The van der Waals surface area contributed by atoms with Crippen LogP contribution in [0.3, 0.4) is 0 Å². The molecule has 3 aliphatic rings. The maximum atomic E-state index is 15.1. The Morgan fingerprint density at radius 2 is 1.63 bits per heavy atom. The molecule has 2 aromatic carbocycles. The summed E-state index contributed by atoms with van der Waals surface area (Å²) in [6.07, 6.45) is 5.21. The van der Waals surface area contributed by atoms with Gasteiger partial charge in [-0.15, -0.1) is 6.42 Å². The van der Waals surface area contributed by atoms with Gasteiger partial charge in [-0.2, -0.15) is 8.78 Å². The van der Waals surface area contributed by atoms with Crippen molar-refractivity contribution >= 4 is 22.6 Å². The summed E-state index contributed by atoms with van der Waals surface area (Å²) in [5.74, 6) is -6.55. The fourth-order valence-corrected chi connectivity index (χ4v) is 4.89. The molecule has 5 rings (SSSR count). The van der Waals surface area contributed by atoms with Crippen molar-refractivity contribution < 1.29 is 55.6 Å². The molecule has 0 radical (unpaired) electrons. The largest absolute Gasteiger partial charge is 0.503 e. The van der Waals surface area contributed by atoms with Gasteiger partial charge in [0.25, 0.3) is 5.43 Å². The first kappa shape index (κ1) is 32.6. The van der Waals surface area contributed by atoms with Crippen LogP contribution in [0.2, 0.25) is 0 Å². The molecule has 0 fully saturated rings. The molecule has 14 heteroatoms. The number of fused-ring (bicyclic) bond motifs is 3.